The fourth-order valence-corrected chi connectivity index (χ4v) is 3.11. The van der Waals surface area contributed by atoms with Crippen LogP contribution in [0.3, 0.4) is 0 Å². The smallest absolute Gasteiger partial charge is 0.275 e. The molecule has 0 saturated carbocycles. The Bertz CT molecular complexity index is 668. The molecule has 0 aromatic heterocycles. The number of likely N-dealkylation sites (N-methyl/N-ethyl adjacent to an activating group) is 1. The molecule has 0 aliphatic heterocycles. The molecule has 4 nitrogen and oxygen atoms in total. The molecule has 2 rings (SSSR count). The summed E-state index contributed by atoms with van der Waals surface area (Å²) < 4.78 is 5.19. The molecule has 0 spiro atoms. The van der Waals surface area contributed by atoms with Crippen molar-refractivity contribution >= 4 is 5.91 Å². The Labute approximate surface area is 157 Å². The number of benzene rings is 2. The number of rotatable bonds is 9. The van der Waals surface area contributed by atoms with E-state index >= 15 is 0 Å². The van der Waals surface area contributed by atoms with E-state index in [0.29, 0.717) is 12.5 Å². The molecule has 4 heteroatoms. The van der Waals surface area contributed by atoms with E-state index in [9.17, 15) is 4.79 Å². The quantitative estimate of drug-likeness (QED) is 0.726. The minimum absolute atomic E-state index is 0.0671. The van der Waals surface area contributed by atoms with E-state index in [-0.39, 0.29) is 11.9 Å². The predicted octanol–water partition coefficient (Wildman–Crippen LogP) is 2.61. The maximum absolute atomic E-state index is 12.6. The second-order valence-corrected chi connectivity index (χ2v) is 7.32. The van der Waals surface area contributed by atoms with Gasteiger partial charge in [-0.2, -0.15) is 0 Å². The van der Waals surface area contributed by atoms with Crippen molar-refractivity contribution in [2.45, 2.75) is 32.9 Å². The van der Waals surface area contributed by atoms with Gasteiger partial charge in [-0.15, -0.1) is 0 Å². The number of carbonyl (C=O) groups is 1. The highest BCUT2D eigenvalue weighted by Gasteiger charge is 2.18. The van der Waals surface area contributed by atoms with Gasteiger partial charge in [0.15, 0.2) is 6.54 Å². The van der Waals surface area contributed by atoms with Crippen molar-refractivity contribution in [1.82, 2.24) is 5.32 Å². The number of quaternary nitrogens is 1. The zero-order valence-corrected chi connectivity index (χ0v) is 16.3. The molecule has 0 heterocycles. The normalized spacial score (nSPS) is 13.3. The summed E-state index contributed by atoms with van der Waals surface area (Å²) in [5, 5.41) is 3.22. The first-order valence-electron chi connectivity index (χ1n) is 9.26. The number of hydrogen-bond donors (Lipinski definition) is 2. The molecule has 26 heavy (non-hydrogen) atoms. The molecular weight excluding hydrogens is 324 g/mol. The highest BCUT2D eigenvalue weighted by Crippen LogP contribution is 2.20. The summed E-state index contributed by atoms with van der Waals surface area (Å²) >= 11 is 0. The van der Waals surface area contributed by atoms with Crippen LogP contribution >= 0.6 is 0 Å². The van der Waals surface area contributed by atoms with Crippen LogP contribution in [0.5, 0.6) is 5.75 Å². The molecule has 0 radical (unpaired) electrons. The summed E-state index contributed by atoms with van der Waals surface area (Å²) in [6, 6.07) is 18.3. The molecule has 1 amide bonds. The number of hydrogen-bond acceptors (Lipinski definition) is 2. The van der Waals surface area contributed by atoms with Crippen molar-refractivity contribution in [3.63, 3.8) is 0 Å². The molecule has 2 aromatic rings. The lowest BCUT2D eigenvalue weighted by atomic mass is 9.97. The van der Waals surface area contributed by atoms with E-state index in [0.717, 1.165) is 23.6 Å². The number of carbonyl (C=O) groups excluding carboxylic acids is 1. The van der Waals surface area contributed by atoms with Crippen molar-refractivity contribution in [3.05, 3.63) is 65.7 Å². The van der Waals surface area contributed by atoms with Gasteiger partial charge in [0.1, 0.15) is 12.3 Å². The second kappa shape index (κ2) is 9.97. The van der Waals surface area contributed by atoms with Crippen LogP contribution in [0.15, 0.2) is 54.6 Å². The van der Waals surface area contributed by atoms with Gasteiger partial charge in [-0.1, -0.05) is 44.2 Å². The number of ether oxygens (including phenoxy) is 1. The fraction of sp³-hybridized carbons (Fsp3) is 0.409. The Balaban J connectivity index is 1.91. The molecule has 0 aliphatic rings. The lowest BCUT2D eigenvalue weighted by Crippen LogP contribution is -3.08. The van der Waals surface area contributed by atoms with Gasteiger partial charge in [-0.05, 0) is 42.2 Å². The van der Waals surface area contributed by atoms with E-state index in [1.165, 1.54) is 11.1 Å². The van der Waals surface area contributed by atoms with E-state index < -0.39 is 0 Å². The highest BCUT2D eigenvalue weighted by atomic mass is 16.5. The lowest BCUT2D eigenvalue weighted by molar-refractivity contribution is -0.885. The Morgan fingerprint density at radius 2 is 1.73 bits per heavy atom. The van der Waals surface area contributed by atoms with Crippen molar-refractivity contribution in [2.75, 3.05) is 20.7 Å². The minimum Gasteiger partial charge on any atom is -0.497 e. The maximum Gasteiger partial charge on any atom is 0.275 e. The summed E-state index contributed by atoms with van der Waals surface area (Å²) in [4.78, 5) is 13.7. The molecule has 2 N–H and O–H groups in total. The third-order valence-electron chi connectivity index (χ3n) is 4.37. The van der Waals surface area contributed by atoms with Crippen LogP contribution in [0, 0.1) is 5.92 Å². The molecular formula is C22H31N2O2+. The van der Waals surface area contributed by atoms with Crippen LogP contribution in [-0.2, 0) is 11.3 Å². The van der Waals surface area contributed by atoms with E-state index in [1.807, 2.05) is 49.5 Å². The van der Waals surface area contributed by atoms with Gasteiger partial charge in [0.25, 0.3) is 5.91 Å². The van der Waals surface area contributed by atoms with Crippen LogP contribution in [-0.4, -0.2) is 26.6 Å². The predicted molar refractivity (Wildman–Crippen MR) is 105 cm³/mol. The topological polar surface area (TPSA) is 42.8 Å². The van der Waals surface area contributed by atoms with Gasteiger partial charge in [0, 0.05) is 5.56 Å². The van der Waals surface area contributed by atoms with Crippen molar-refractivity contribution in [3.8, 4) is 5.75 Å². The van der Waals surface area contributed by atoms with Crippen LogP contribution in [0.4, 0.5) is 0 Å². The molecule has 0 saturated heterocycles. The highest BCUT2D eigenvalue weighted by molar-refractivity contribution is 5.77. The first-order chi connectivity index (χ1) is 12.5. The van der Waals surface area contributed by atoms with Gasteiger partial charge in [0.05, 0.1) is 20.2 Å². The van der Waals surface area contributed by atoms with Gasteiger partial charge >= 0.3 is 0 Å². The van der Waals surface area contributed by atoms with Crippen molar-refractivity contribution in [1.29, 1.82) is 0 Å². The van der Waals surface area contributed by atoms with Crippen LogP contribution in [0.1, 0.15) is 37.4 Å². The summed E-state index contributed by atoms with van der Waals surface area (Å²) in [7, 11) is 3.71. The second-order valence-electron chi connectivity index (χ2n) is 7.32. The molecule has 0 bridgehead atoms. The summed E-state index contributed by atoms with van der Waals surface area (Å²) in [5.41, 5.74) is 2.36. The third kappa shape index (κ3) is 6.52. The minimum atomic E-state index is 0.0671. The number of nitrogens with one attached hydrogen (secondary N) is 2. The molecule has 2 atom stereocenters. The first kappa shape index (κ1) is 20.0. The van der Waals surface area contributed by atoms with Crippen LogP contribution in [0.25, 0.3) is 0 Å². The number of methoxy groups -OCH3 is 1. The summed E-state index contributed by atoms with van der Waals surface area (Å²) in [6.07, 6.45) is 0.938. The average molecular weight is 356 g/mol. The lowest BCUT2D eigenvalue weighted by Gasteiger charge is -2.22. The average Bonchev–Trinajstić information content (AvgIpc) is 2.62. The molecule has 1 unspecified atom stereocenters. The van der Waals surface area contributed by atoms with Gasteiger partial charge in [-0.25, -0.2) is 0 Å². The van der Waals surface area contributed by atoms with Gasteiger partial charge < -0.3 is 15.0 Å². The monoisotopic (exact) mass is 355 g/mol. The summed E-state index contributed by atoms with van der Waals surface area (Å²) in [6.45, 7) is 5.62. The molecule has 0 aliphatic carbocycles. The maximum atomic E-state index is 12.6. The van der Waals surface area contributed by atoms with E-state index in [2.05, 4.69) is 31.3 Å². The van der Waals surface area contributed by atoms with E-state index in [4.69, 9.17) is 4.74 Å². The standard InChI is InChI=1S/C22H30N2O2/c1-17(2)14-21(19-8-6-5-7-9-19)23-22(25)16-24(3)15-18-10-12-20(26-4)13-11-18/h5-13,17,21H,14-16H2,1-4H3,(H,23,25)/p+1/t21-/m1/s1. The largest absolute Gasteiger partial charge is 0.497 e. The number of amides is 1. The van der Waals surface area contributed by atoms with Gasteiger partial charge in [-0.3, -0.25) is 4.79 Å². The molecule has 2 aromatic carbocycles. The SMILES string of the molecule is COc1ccc(C[NH+](C)CC(=O)N[C@H](CC(C)C)c2ccccc2)cc1. The molecule has 140 valence electrons. The van der Waals surface area contributed by atoms with Crippen molar-refractivity contribution < 1.29 is 14.4 Å². The van der Waals surface area contributed by atoms with Crippen LogP contribution in [0.2, 0.25) is 0 Å². The Hall–Kier alpha value is -2.33. The fourth-order valence-electron chi connectivity index (χ4n) is 3.11. The van der Waals surface area contributed by atoms with Gasteiger partial charge in [0.2, 0.25) is 0 Å². The Morgan fingerprint density at radius 3 is 2.31 bits per heavy atom. The Morgan fingerprint density at radius 1 is 1.08 bits per heavy atom. The zero-order valence-electron chi connectivity index (χ0n) is 16.3. The van der Waals surface area contributed by atoms with E-state index in [1.54, 1.807) is 7.11 Å². The Kier molecular flexibility index (Phi) is 7.67. The van der Waals surface area contributed by atoms with Crippen molar-refractivity contribution in [2.24, 2.45) is 5.92 Å². The molecule has 0 fully saturated rings. The van der Waals surface area contributed by atoms with Crippen LogP contribution < -0.4 is 15.0 Å². The first-order valence-corrected chi connectivity index (χ1v) is 9.26. The zero-order chi connectivity index (χ0) is 18.9. The summed E-state index contributed by atoms with van der Waals surface area (Å²) in [5.74, 6) is 1.46. The third-order valence-corrected chi connectivity index (χ3v) is 4.37.